The molecule has 0 fully saturated rings. The van der Waals surface area contributed by atoms with E-state index in [1.807, 2.05) is 19.9 Å². The number of aliphatic hydroxyl groups is 2. The van der Waals surface area contributed by atoms with Crippen molar-refractivity contribution < 1.29 is 10.2 Å². The summed E-state index contributed by atoms with van der Waals surface area (Å²) in [5.74, 6) is 0. The van der Waals surface area contributed by atoms with Crippen LogP contribution in [0.25, 0.3) is 0 Å². The van der Waals surface area contributed by atoms with Gasteiger partial charge in [-0.05, 0) is 5.57 Å². The van der Waals surface area contributed by atoms with Gasteiger partial charge in [0.15, 0.2) is 0 Å². The molecule has 0 saturated carbocycles. The lowest BCUT2D eigenvalue weighted by Gasteiger charge is -2.36. The number of allylic oxidation sites excluding steroid dienone is 1. The Labute approximate surface area is 73.2 Å². The lowest BCUT2D eigenvalue weighted by molar-refractivity contribution is -0.0395. The van der Waals surface area contributed by atoms with E-state index in [4.69, 9.17) is 0 Å². The maximum atomic E-state index is 9.59. The van der Waals surface area contributed by atoms with Gasteiger partial charge in [-0.15, -0.1) is 0 Å². The minimum atomic E-state index is -0.666. The summed E-state index contributed by atoms with van der Waals surface area (Å²) in [5, 5.41) is 19.1. The molecule has 0 aromatic rings. The highest BCUT2D eigenvalue weighted by Crippen LogP contribution is 2.33. The summed E-state index contributed by atoms with van der Waals surface area (Å²) in [4.78, 5) is 0. The fourth-order valence-electron chi connectivity index (χ4n) is 1.61. The minimum absolute atomic E-state index is 0.346. The van der Waals surface area contributed by atoms with Gasteiger partial charge in [-0.3, -0.25) is 0 Å². The molecule has 2 nitrogen and oxygen atoms in total. The maximum Gasteiger partial charge on any atom is 0.0887 e. The third-order valence-corrected chi connectivity index (χ3v) is 2.39. The van der Waals surface area contributed by atoms with E-state index < -0.39 is 12.2 Å². The fraction of sp³-hybridized carbons (Fsp3) is 0.600. The Morgan fingerprint density at radius 2 is 2.17 bits per heavy atom. The average Bonchev–Trinajstić information content (AvgIpc) is 1.99. The van der Waals surface area contributed by atoms with Crippen molar-refractivity contribution in [2.75, 3.05) is 0 Å². The van der Waals surface area contributed by atoms with Crippen LogP contribution in [0.5, 0.6) is 0 Å². The minimum Gasteiger partial charge on any atom is -0.390 e. The lowest BCUT2D eigenvalue weighted by atomic mass is 9.75. The first-order valence-corrected chi connectivity index (χ1v) is 4.17. The molecule has 0 aromatic carbocycles. The highest BCUT2D eigenvalue weighted by atomic mass is 16.3. The van der Waals surface area contributed by atoms with E-state index in [1.165, 1.54) is 0 Å². The van der Waals surface area contributed by atoms with Crippen molar-refractivity contribution in [3.63, 3.8) is 0 Å². The number of hydrogen-bond acceptors (Lipinski definition) is 2. The zero-order chi connectivity index (χ0) is 9.35. The molecule has 68 valence electrons. The van der Waals surface area contributed by atoms with Crippen molar-refractivity contribution in [1.29, 1.82) is 0 Å². The van der Waals surface area contributed by atoms with Crippen LogP contribution in [0.4, 0.5) is 0 Å². The van der Waals surface area contributed by atoms with Gasteiger partial charge < -0.3 is 10.2 Å². The molecule has 0 spiro atoms. The molecule has 1 aliphatic carbocycles. The second-order valence-electron chi connectivity index (χ2n) is 3.96. The molecule has 0 amide bonds. The molecule has 2 N–H and O–H groups in total. The van der Waals surface area contributed by atoms with Crippen LogP contribution in [-0.4, -0.2) is 22.4 Å². The van der Waals surface area contributed by atoms with E-state index in [9.17, 15) is 10.2 Å². The SMILES string of the molecule is C=CC1=CC(C)(C)[C@H](O)[C@H](O)C1. The molecule has 0 aromatic heterocycles. The number of hydrogen-bond donors (Lipinski definition) is 2. The molecule has 1 rings (SSSR count). The zero-order valence-corrected chi connectivity index (χ0v) is 7.62. The van der Waals surface area contributed by atoms with Crippen molar-refractivity contribution in [2.24, 2.45) is 5.41 Å². The second kappa shape index (κ2) is 3.04. The van der Waals surface area contributed by atoms with Crippen LogP contribution in [0, 0.1) is 5.41 Å². The Hall–Kier alpha value is -0.600. The predicted octanol–water partition coefficient (Wildman–Crippen LogP) is 1.25. The first kappa shape index (κ1) is 9.49. The van der Waals surface area contributed by atoms with Crippen molar-refractivity contribution in [1.82, 2.24) is 0 Å². The van der Waals surface area contributed by atoms with Crippen LogP contribution < -0.4 is 0 Å². The van der Waals surface area contributed by atoms with E-state index >= 15 is 0 Å². The van der Waals surface area contributed by atoms with E-state index in [1.54, 1.807) is 6.08 Å². The Bertz CT molecular complexity index is 216. The van der Waals surface area contributed by atoms with Crippen molar-refractivity contribution in [2.45, 2.75) is 32.5 Å². The van der Waals surface area contributed by atoms with Gasteiger partial charge in [0.1, 0.15) is 0 Å². The van der Waals surface area contributed by atoms with Gasteiger partial charge in [-0.1, -0.05) is 32.6 Å². The van der Waals surface area contributed by atoms with Gasteiger partial charge in [0.05, 0.1) is 12.2 Å². The molecular weight excluding hydrogens is 152 g/mol. The summed E-state index contributed by atoms with van der Waals surface area (Å²) in [7, 11) is 0. The van der Waals surface area contributed by atoms with Crippen LogP contribution in [0.2, 0.25) is 0 Å². The summed E-state index contributed by atoms with van der Waals surface area (Å²) in [6.45, 7) is 7.46. The molecule has 0 bridgehead atoms. The van der Waals surface area contributed by atoms with Crippen LogP contribution in [-0.2, 0) is 0 Å². The molecule has 0 saturated heterocycles. The molecule has 2 heteroatoms. The molecule has 1 aliphatic rings. The normalized spacial score (nSPS) is 34.2. The first-order chi connectivity index (χ1) is 5.47. The Morgan fingerprint density at radius 3 is 2.58 bits per heavy atom. The Balaban J connectivity index is 2.94. The summed E-state index contributed by atoms with van der Waals surface area (Å²) >= 11 is 0. The maximum absolute atomic E-state index is 9.59. The predicted molar refractivity (Wildman–Crippen MR) is 48.7 cm³/mol. The van der Waals surface area contributed by atoms with Gasteiger partial charge in [-0.25, -0.2) is 0 Å². The molecule has 0 unspecified atom stereocenters. The highest BCUT2D eigenvalue weighted by molar-refractivity contribution is 5.25. The summed E-state index contributed by atoms with van der Waals surface area (Å²) in [6.07, 6.45) is 2.89. The van der Waals surface area contributed by atoms with Crippen molar-refractivity contribution in [3.8, 4) is 0 Å². The third kappa shape index (κ3) is 1.59. The number of aliphatic hydroxyl groups excluding tert-OH is 2. The topological polar surface area (TPSA) is 40.5 Å². The standard InChI is InChI=1S/C10H16O2/c1-4-7-5-8(11)9(12)10(2,3)6-7/h4,6,8-9,11-12H,1,5H2,2-3H3/t8-,9-/m1/s1. The quantitative estimate of drug-likeness (QED) is 0.618. The summed E-state index contributed by atoms with van der Waals surface area (Å²) in [6, 6.07) is 0. The Kier molecular flexibility index (Phi) is 2.40. The van der Waals surface area contributed by atoms with E-state index in [2.05, 4.69) is 6.58 Å². The highest BCUT2D eigenvalue weighted by Gasteiger charge is 2.35. The summed E-state index contributed by atoms with van der Waals surface area (Å²) in [5.41, 5.74) is 0.666. The van der Waals surface area contributed by atoms with E-state index in [0.717, 1.165) is 5.57 Å². The van der Waals surface area contributed by atoms with Crippen LogP contribution >= 0.6 is 0 Å². The monoisotopic (exact) mass is 168 g/mol. The van der Waals surface area contributed by atoms with Crippen LogP contribution in [0.3, 0.4) is 0 Å². The molecule has 2 atom stereocenters. The van der Waals surface area contributed by atoms with E-state index in [-0.39, 0.29) is 5.41 Å². The first-order valence-electron chi connectivity index (χ1n) is 4.17. The van der Waals surface area contributed by atoms with Gasteiger partial charge in [0.25, 0.3) is 0 Å². The number of rotatable bonds is 1. The van der Waals surface area contributed by atoms with Gasteiger partial charge in [-0.2, -0.15) is 0 Å². The van der Waals surface area contributed by atoms with Crippen LogP contribution in [0.15, 0.2) is 24.3 Å². The Morgan fingerprint density at radius 1 is 1.58 bits per heavy atom. The molecule has 0 radical (unpaired) electrons. The van der Waals surface area contributed by atoms with Gasteiger partial charge in [0.2, 0.25) is 0 Å². The average molecular weight is 168 g/mol. The smallest absolute Gasteiger partial charge is 0.0887 e. The fourth-order valence-corrected chi connectivity index (χ4v) is 1.61. The molecule has 0 heterocycles. The van der Waals surface area contributed by atoms with Crippen molar-refractivity contribution >= 4 is 0 Å². The molecule has 12 heavy (non-hydrogen) atoms. The van der Waals surface area contributed by atoms with Gasteiger partial charge in [0, 0.05) is 11.8 Å². The van der Waals surface area contributed by atoms with Gasteiger partial charge >= 0.3 is 0 Å². The zero-order valence-electron chi connectivity index (χ0n) is 7.62. The van der Waals surface area contributed by atoms with Crippen molar-refractivity contribution in [3.05, 3.63) is 24.3 Å². The van der Waals surface area contributed by atoms with E-state index in [0.29, 0.717) is 6.42 Å². The largest absolute Gasteiger partial charge is 0.390 e. The molecular formula is C10H16O2. The summed E-state index contributed by atoms with van der Waals surface area (Å²) < 4.78 is 0. The lowest BCUT2D eigenvalue weighted by Crippen LogP contribution is -2.41. The molecule has 0 aliphatic heterocycles. The third-order valence-electron chi connectivity index (χ3n) is 2.39. The second-order valence-corrected chi connectivity index (χ2v) is 3.96. The van der Waals surface area contributed by atoms with Crippen LogP contribution in [0.1, 0.15) is 20.3 Å².